The zero-order valence-corrected chi connectivity index (χ0v) is 19.3. The van der Waals surface area contributed by atoms with Gasteiger partial charge in [-0.3, -0.25) is 9.10 Å². The Kier molecular flexibility index (Phi) is 6.55. The third-order valence-corrected chi connectivity index (χ3v) is 7.15. The third-order valence-electron chi connectivity index (χ3n) is 5.37. The van der Waals surface area contributed by atoms with E-state index in [0.29, 0.717) is 30.3 Å². The normalized spacial score (nSPS) is 15.3. The summed E-state index contributed by atoms with van der Waals surface area (Å²) in [5.74, 6) is 0.600. The van der Waals surface area contributed by atoms with E-state index in [2.05, 4.69) is 5.32 Å². The van der Waals surface area contributed by atoms with Crippen molar-refractivity contribution in [2.75, 3.05) is 17.5 Å². The third kappa shape index (κ3) is 4.80. The van der Waals surface area contributed by atoms with Crippen molar-refractivity contribution in [3.05, 3.63) is 83.9 Å². The highest BCUT2D eigenvalue weighted by Gasteiger charge is 2.37. The Morgan fingerprint density at radius 3 is 2.55 bits per heavy atom. The highest BCUT2D eigenvalue weighted by atomic mass is 32.2. The SMILES string of the molecule is CCOc1ccc(S(=O)(=O)N2C[C@H](C(=O)NCc3ccccc3)Oc3ccccc32)cc1C. The molecule has 7 nitrogen and oxygen atoms in total. The van der Waals surface area contributed by atoms with Crippen molar-refractivity contribution in [1.82, 2.24) is 5.32 Å². The number of anilines is 1. The summed E-state index contributed by atoms with van der Waals surface area (Å²) in [6, 6.07) is 21.1. The number of nitrogens with one attached hydrogen (secondary N) is 1. The molecule has 3 aromatic carbocycles. The molecule has 33 heavy (non-hydrogen) atoms. The summed E-state index contributed by atoms with van der Waals surface area (Å²) in [4.78, 5) is 13.0. The van der Waals surface area contributed by atoms with Crippen LogP contribution in [0.4, 0.5) is 5.69 Å². The Hall–Kier alpha value is -3.52. The van der Waals surface area contributed by atoms with Crippen LogP contribution < -0.4 is 19.1 Å². The molecule has 0 fully saturated rings. The number of fused-ring (bicyclic) bond motifs is 1. The first-order valence-electron chi connectivity index (χ1n) is 10.7. The van der Waals surface area contributed by atoms with E-state index in [9.17, 15) is 13.2 Å². The zero-order chi connectivity index (χ0) is 23.4. The highest BCUT2D eigenvalue weighted by Crippen LogP contribution is 2.37. The van der Waals surface area contributed by atoms with E-state index < -0.39 is 16.1 Å². The number of nitrogens with zero attached hydrogens (tertiary/aromatic N) is 1. The lowest BCUT2D eigenvalue weighted by Crippen LogP contribution is -2.50. The van der Waals surface area contributed by atoms with Crippen LogP contribution in [0.25, 0.3) is 0 Å². The maximum Gasteiger partial charge on any atom is 0.264 e. The zero-order valence-electron chi connectivity index (χ0n) is 18.5. The lowest BCUT2D eigenvalue weighted by Gasteiger charge is -2.34. The van der Waals surface area contributed by atoms with E-state index in [1.165, 1.54) is 10.4 Å². The van der Waals surface area contributed by atoms with Gasteiger partial charge in [-0.05, 0) is 55.3 Å². The summed E-state index contributed by atoms with van der Waals surface area (Å²) in [6.45, 7) is 4.36. The second kappa shape index (κ2) is 9.54. The summed E-state index contributed by atoms with van der Waals surface area (Å²) in [7, 11) is -3.95. The van der Waals surface area contributed by atoms with E-state index in [-0.39, 0.29) is 17.3 Å². The van der Waals surface area contributed by atoms with Crippen LogP contribution in [0.15, 0.2) is 77.7 Å². The first-order chi connectivity index (χ1) is 15.9. The topological polar surface area (TPSA) is 84.9 Å². The number of benzene rings is 3. The van der Waals surface area contributed by atoms with Gasteiger partial charge in [-0.15, -0.1) is 0 Å². The van der Waals surface area contributed by atoms with E-state index >= 15 is 0 Å². The van der Waals surface area contributed by atoms with Crippen LogP contribution in [0.1, 0.15) is 18.1 Å². The van der Waals surface area contributed by atoms with Crippen LogP contribution in [0.2, 0.25) is 0 Å². The second-order valence-corrected chi connectivity index (χ2v) is 9.54. The maximum absolute atomic E-state index is 13.6. The van der Waals surface area contributed by atoms with Crippen molar-refractivity contribution in [2.45, 2.75) is 31.4 Å². The molecule has 8 heteroatoms. The number of para-hydroxylation sites is 2. The lowest BCUT2D eigenvalue weighted by molar-refractivity contribution is -0.127. The fraction of sp³-hybridized carbons (Fsp3) is 0.240. The van der Waals surface area contributed by atoms with Gasteiger partial charge in [-0.25, -0.2) is 8.42 Å². The number of hydrogen-bond donors (Lipinski definition) is 1. The van der Waals surface area contributed by atoms with Crippen LogP contribution in [0, 0.1) is 6.92 Å². The molecule has 0 saturated heterocycles. The molecule has 1 aliphatic rings. The van der Waals surface area contributed by atoms with Crippen molar-refractivity contribution in [3.63, 3.8) is 0 Å². The van der Waals surface area contributed by atoms with Crippen LogP contribution in [0.3, 0.4) is 0 Å². The van der Waals surface area contributed by atoms with Gasteiger partial charge in [0.15, 0.2) is 6.10 Å². The minimum Gasteiger partial charge on any atom is -0.494 e. The molecule has 0 aromatic heterocycles. The van der Waals surface area contributed by atoms with Crippen LogP contribution in [0.5, 0.6) is 11.5 Å². The molecule has 0 aliphatic carbocycles. The van der Waals surface area contributed by atoms with Gasteiger partial charge in [0, 0.05) is 6.54 Å². The molecule has 0 bridgehead atoms. The maximum atomic E-state index is 13.6. The number of rotatable bonds is 7. The van der Waals surface area contributed by atoms with Gasteiger partial charge in [0.25, 0.3) is 15.9 Å². The number of carbonyl (C=O) groups is 1. The van der Waals surface area contributed by atoms with Crippen LogP contribution >= 0.6 is 0 Å². The Morgan fingerprint density at radius 1 is 1.09 bits per heavy atom. The highest BCUT2D eigenvalue weighted by molar-refractivity contribution is 7.92. The fourth-order valence-electron chi connectivity index (χ4n) is 3.69. The van der Waals surface area contributed by atoms with Gasteiger partial charge >= 0.3 is 0 Å². The summed E-state index contributed by atoms with van der Waals surface area (Å²) < 4.78 is 39.9. The monoisotopic (exact) mass is 466 g/mol. The van der Waals surface area contributed by atoms with Crippen LogP contribution in [-0.4, -0.2) is 33.6 Å². The van der Waals surface area contributed by atoms with E-state index in [1.54, 1.807) is 43.3 Å². The average molecular weight is 467 g/mol. The molecular weight excluding hydrogens is 440 g/mol. The van der Waals surface area contributed by atoms with Crippen molar-refractivity contribution in [3.8, 4) is 11.5 Å². The standard InChI is InChI=1S/C25H26N2O5S/c1-3-31-22-14-13-20(15-18(22)2)33(29,30)27-17-24(32-23-12-8-7-11-21(23)27)25(28)26-16-19-9-5-4-6-10-19/h4-15,24H,3,16-17H2,1-2H3,(H,26,28)/t24-/m1/s1. The number of sulfonamides is 1. The average Bonchev–Trinajstić information content (AvgIpc) is 2.83. The fourth-order valence-corrected chi connectivity index (χ4v) is 5.25. The van der Waals surface area contributed by atoms with Gasteiger partial charge in [-0.1, -0.05) is 42.5 Å². The molecule has 1 N–H and O–H groups in total. The van der Waals surface area contributed by atoms with Crippen LogP contribution in [-0.2, 0) is 21.4 Å². The van der Waals surface area contributed by atoms with Gasteiger partial charge in [0.05, 0.1) is 23.7 Å². The summed E-state index contributed by atoms with van der Waals surface area (Å²) in [5, 5.41) is 2.84. The van der Waals surface area contributed by atoms with Crippen molar-refractivity contribution in [1.29, 1.82) is 0 Å². The number of aryl methyl sites for hydroxylation is 1. The minimum atomic E-state index is -3.95. The predicted molar refractivity (Wildman–Crippen MR) is 126 cm³/mol. The first-order valence-corrected chi connectivity index (χ1v) is 12.2. The molecule has 4 rings (SSSR count). The van der Waals surface area contributed by atoms with Crippen molar-refractivity contribution >= 4 is 21.6 Å². The summed E-state index contributed by atoms with van der Waals surface area (Å²) in [5.41, 5.74) is 2.06. The van der Waals surface area contributed by atoms with Gasteiger partial charge in [0.2, 0.25) is 0 Å². The van der Waals surface area contributed by atoms with Gasteiger partial charge in [0.1, 0.15) is 11.5 Å². The lowest BCUT2D eigenvalue weighted by atomic mass is 10.2. The quantitative estimate of drug-likeness (QED) is 0.574. The van der Waals surface area contributed by atoms with E-state index in [4.69, 9.17) is 9.47 Å². The Bertz CT molecular complexity index is 1240. The minimum absolute atomic E-state index is 0.128. The first kappa shape index (κ1) is 22.7. The molecule has 0 radical (unpaired) electrons. The number of ether oxygens (including phenoxy) is 2. The number of hydrogen-bond acceptors (Lipinski definition) is 5. The molecule has 1 amide bonds. The van der Waals surface area contributed by atoms with Crippen molar-refractivity contribution < 1.29 is 22.7 Å². The number of carbonyl (C=O) groups excluding carboxylic acids is 1. The molecule has 0 spiro atoms. The molecule has 1 atom stereocenters. The second-order valence-electron chi connectivity index (χ2n) is 7.67. The molecular formula is C25H26N2O5S. The largest absolute Gasteiger partial charge is 0.494 e. The summed E-state index contributed by atoms with van der Waals surface area (Å²) in [6.07, 6.45) is -0.984. The predicted octanol–water partition coefficient (Wildman–Crippen LogP) is 3.67. The Balaban J connectivity index is 1.61. The molecule has 0 unspecified atom stereocenters. The van der Waals surface area contributed by atoms with Gasteiger partial charge < -0.3 is 14.8 Å². The molecule has 172 valence electrons. The number of amides is 1. The van der Waals surface area contributed by atoms with E-state index in [0.717, 1.165) is 11.1 Å². The Morgan fingerprint density at radius 2 is 1.82 bits per heavy atom. The Labute approximate surface area is 194 Å². The van der Waals surface area contributed by atoms with E-state index in [1.807, 2.05) is 37.3 Å². The summed E-state index contributed by atoms with van der Waals surface area (Å²) >= 11 is 0. The van der Waals surface area contributed by atoms with Crippen molar-refractivity contribution in [2.24, 2.45) is 0 Å². The molecule has 0 saturated carbocycles. The van der Waals surface area contributed by atoms with Gasteiger partial charge in [-0.2, -0.15) is 0 Å². The molecule has 3 aromatic rings. The molecule has 1 heterocycles. The molecule has 1 aliphatic heterocycles. The smallest absolute Gasteiger partial charge is 0.264 e.